The third kappa shape index (κ3) is 4.16. The quantitative estimate of drug-likeness (QED) is 0.456. The van der Waals surface area contributed by atoms with Crippen LogP contribution in [0.1, 0.15) is 66.0 Å². The van der Waals surface area contributed by atoms with Crippen LogP contribution in [0.15, 0.2) is 40.5 Å². The van der Waals surface area contributed by atoms with E-state index in [0.29, 0.717) is 9.13 Å². The van der Waals surface area contributed by atoms with E-state index in [9.17, 15) is 0 Å². The summed E-state index contributed by atoms with van der Waals surface area (Å²) >= 11 is -2.81. The molecule has 0 heterocycles. The molecule has 1 unspecified atom stereocenters. The molecule has 2 rings (SSSR count). The molecular formula is C25H43SiTi. The molecule has 0 spiro atoms. The van der Waals surface area contributed by atoms with Gasteiger partial charge in [0.1, 0.15) is 0 Å². The van der Waals surface area contributed by atoms with Crippen LogP contribution >= 0.6 is 0 Å². The van der Waals surface area contributed by atoms with Gasteiger partial charge in [-0.15, -0.1) is 0 Å². The molecule has 0 radical (unpaired) electrons. The molecule has 0 fully saturated rings. The van der Waals surface area contributed by atoms with Crippen LogP contribution in [0.5, 0.6) is 0 Å². The van der Waals surface area contributed by atoms with E-state index in [-0.39, 0.29) is 7.39 Å². The molecule has 0 nitrogen and oxygen atoms in total. The van der Waals surface area contributed by atoms with E-state index in [2.05, 4.69) is 96.2 Å². The van der Waals surface area contributed by atoms with E-state index in [1.807, 2.05) is 0 Å². The van der Waals surface area contributed by atoms with Crippen LogP contribution in [-0.2, 0) is 14.6 Å². The molecule has 0 bridgehead atoms. The Morgan fingerprint density at radius 2 is 1.33 bits per heavy atom. The first kappa shape index (κ1) is 22.9. The van der Waals surface area contributed by atoms with Gasteiger partial charge in [0.25, 0.3) is 0 Å². The van der Waals surface area contributed by atoms with Crippen molar-refractivity contribution >= 4 is 12.6 Å². The van der Waals surface area contributed by atoms with E-state index < -0.39 is 14.6 Å². The molecule has 1 aromatic carbocycles. The van der Waals surface area contributed by atoms with E-state index in [1.165, 1.54) is 17.5 Å². The molecule has 0 aromatic heterocycles. The van der Waals surface area contributed by atoms with Crippen LogP contribution in [0.2, 0.25) is 19.4 Å². The predicted molar refractivity (Wildman–Crippen MR) is 125 cm³/mol. The van der Waals surface area contributed by atoms with Crippen LogP contribution in [0, 0.1) is 19.3 Å². The Labute approximate surface area is 171 Å². The molecule has 1 aromatic rings. The second-order valence-electron chi connectivity index (χ2n) is 12.4. The standard InChI is InChI=1S/C14H23.C8H11Si.3CH3.Ti/c1-9-10(2)12(4)13(11(9)3)8-14(5,6)7;1-6-3-7(2)5-8(9)4-6;;;;/h8H2,1-7H3;3-5H,9H2,1-2H3;3*1H3;. The summed E-state index contributed by atoms with van der Waals surface area (Å²) in [5, 5.41) is 9.93. The molecule has 0 aliphatic heterocycles. The molecule has 0 N–H and O–H groups in total. The first-order valence-electron chi connectivity index (χ1n) is 10.6. The fourth-order valence-corrected chi connectivity index (χ4v) is 24.2. The molecular weight excluding hydrogens is 376 g/mol. The van der Waals surface area contributed by atoms with Gasteiger partial charge < -0.3 is 0 Å². The predicted octanol–water partition coefficient (Wildman–Crippen LogP) is 7.13. The Bertz CT molecular complexity index is 804. The Morgan fingerprint density at radius 1 is 0.852 bits per heavy atom. The topological polar surface area (TPSA) is 0 Å². The van der Waals surface area contributed by atoms with Gasteiger partial charge in [0.05, 0.1) is 0 Å². The molecule has 0 amide bonds. The fraction of sp³-hybridized carbons (Fsp3) is 0.600. The van der Waals surface area contributed by atoms with Gasteiger partial charge in [-0.2, -0.15) is 0 Å². The van der Waals surface area contributed by atoms with Gasteiger partial charge in [0, 0.05) is 0 Å². The van der Waals surface area contributed by atoms with E-state index in [1.54, 1.807) is 27.5 Å². The fourth-order valence-electron chi connectivity index (χ4n) is 5.64. The monoisotopic (exact) mass is 419 g/mol. The maximum absolute atomic E-state index is 2.81. The van der Waals surface area contributed by atoms with Gasteiger partial charge in [-0.25, -0.2) is 0 Å². The number of benzene rings is 1. The van der Waals surface area contributed by atoms with Crippen LogP contribution < -0.4 is 5.19 Å². The van der Waals surface area contributed by atoms with Crippen molar-refractivity contribution in [1.82, 2.24) is 0 Å². The summed E-state index contributed by atoms with van der Waals surface area (Å²) < 4.78 is 0.308. The van der Waals surface area contributed by atoms with Crippen LogP contribution in [-0.4, -0.2) is 7.39 Å². The van der Waals surface area contributed by atoms with Gasteiger partial charge in [0.2, 0.25) is 0 Å². The molecule has 151 valence electrons. The second-order valence-corrected chi connectivity index (χ2v) is 37.9. The van der Waals surface area contributed by atoms with Crippen molar-refractivity contribution in [3.05, 3.63) is 51.6 Å². The average Bonchev–Trinajstić information content (AvgIpc) is 2.60. The molecule has 0 saturated heterocycles. The third-order valence-electron chi connectivity index (χ3n) is 7.60. The molecule has 1 aliphatic carbocycles. The van der Waals surface area contributed by atoms with Crippen molar-refractivity contribution in [2.24, 2.45) is 5.41 Å². The summed E-state index contributed by atoms with van der Waals surface area (Å²) in [6.07, 6.45) is 1.22. The summed E-state index contributed by atoms with van der Waals surface area (Å²) in [6.45, 7) is 21.6. The summed E-state index contributed by atoms with van der Waals surface area (Å²) in [5.74, 6) is 0. The van der Waals surface area contributed by atoms with Crippen LogP contribution in [0.3, 0.4) is 0 Å². The Hall–Kier alpha value is -0.369. The van der Waals surface area contributed by atoms with Gasteiger partial charge in [0.15, 0.2) is 0 Å². The number of allylic oxidation sites excluding steroid dienone is 4. The van der Waals surface area contributed by atoms with Crippen LogP contribution in [0.25, 0.3) is 0 Å². The molecule has 1 atom stereocenters. The first-order chi connectivity index (χ1) is 12.0. The molecule has 2 heteroatoms. The second kappa shape index (κ2) is 6.85. The summed E-state index contributed by atoms with van der Waals surface area (Å²) in [6, 6.07) is 7.30. The van der Waals surface area contributed by atoms with E-state index >= 15 is 0 Å². The summed E-state index contributed by atoms with van der Waals surface area (Å²) in [4.78, 5) is 0. The summed E-state index contributed by atoms with van der Waals surface area (Å²) in [7, 11) is -0.348. The third-order valence-corrected chi connectivity index (χ3v) is 27.1. The van der Waals surface area contributed by atoms with Gasteiger partial charge in [-0.1, -0.05) is 0 Å². The normalized spacial score (nSPS) is 23.5. The molecule has 1 aliphatic rings. The number of rotatable bonds is 4. The van der Waals surface area contributed by atoms with Crippen LogP contribution in [0.4, 0.5) is 0 Å². The first-order valence-corrected chi connectivity index (χ1v) is 20.8. The minimum absolute atomic E-state index is 0.308. The Kier molecular flexibility index (Phi) is 5.82. The van der Waals surface area contributed by atoms with Crippen molar-refractivity contribution in [1.29, 1.82) is 0 Å². The molecule has 0 saturated carbocycles. The zero-order valence-electron chi connectivity index (χ0n) is 20.1. The minimum atomic E-state index is -2.81. The van der Waals surface area contributed by atoms with Crippen molar-refractivity contribution in [3.63, 3.8) is 0 Å². The van der Waals surface area contributed by atoms with Crippen molar-refractivity contribution in [2.45, 2.75) is 88.1 Å². The van der Waals surface area contributed by atoms with Gasteiger partial charge in [-0.05, 0) is 0 Å². The van der Waals surface area contributed by atoms with Gasteiger partial charge in [-0.3, -0.25) is 0 Å². The van der Waals surface area contributed by atoms with Crippen molar-refractivity contribution in [2.75, 3.05) is 0 Å². The average molecular weight is 420 g/mol. The van der Waals surface area contributed by atoms with Gasteiger partial charge >= 0.3 is 172 Å². The zero-order valence-corrected chi connectivity index (χ0v) is 23.1. The number of hydrogen-bond acceptors (Lipinski definition) is 0. The summed E-state index contributed by atoms with van der Waals surface area (Å²) in [5.41, 5.74) is 9.82. The number of hydrogen-bond donors (Lipinski definition) is 0. The van der Waals surface area contributed by atoms with Crippen molar-refractivity contribution < 1.29 is 14.6 Å². The van der Waals surface area contributed by atoms with E-state index in [0.717, 1.165) is 0 Å². The van der Waals surface area contributed by atoms with E-state index in [4.69, 9.17) is 0 Å². The Balaban J connectivity index is 2.64. The Morgan fingerprint density at radius 3 is 1.78 bits per heavy atom. The number of aryl methyl sites for hydroxylation is 2. The zero-order chi connectivity index (χ0) is 21.0. The SMILES string of the molecule is CC1=C(C)[C](C)([Ti]([CH3])([CH3])([CH3])[SiH2]c2cc(C)cc(C)c2)C(CC(C)(C)C)=C1C. The molecule has 27 heavy (non-hydrogen) atoms. The maximum atomic E-state index is 2.75. The van der Waals surface area contributed by atoms with Crippen molar-refractivity contribution in [3.8, 4) is 0 Å².